The van der Waals surface area contributed by atoms with Crippen LogP contribution in [-0.2, 0) is 23.8 Å². The summed E-state index contributed by atoms with van der Waals surface area (Å²) >= 11 is 1.43. The maximum absolute atomic E-state index is 12.4. The van der Waals surface area contributed by atoms with E-state index in [9.17, 15) is 18.0 Å². The van der Waals surface area contributed by atoms with Crippen molar-refractivity contribution in [1.82, 2.24) is 4.98 Å². The van der Waals surface area contributed by atoms with Gasteiger partial charge in [0.05, 0.1) is 22.7 Å². The van der Waals surface area contributed by atoms with Crippen molar-refractivity contribution in [3.63, 3.8) is 0 Å². The lowest BCUT2D eigenvalue weighted by Gasteiger charge is -2.08. The van der Waals surface area contributed by atoms with Crippen molar-refractivity contribution in [2.75, 3.05) is 11.9 Å². The number of carbonyl (C=O) groups excluding carboxylic acids is 1. The maximum atomic E-state index is 12.4. The normalized spacial score (nSPS) is 11.5. The fraction of sp³-hybridized carbons (Fsp3) is 0.286. The Labute approximate surface area is 129 Å². The first kappa shape index (κ1) is 16.4. The SMILES string of the molecule is NCCc1nc(CC(=O)Nc2ccc(C(F)(F)F)cc2)cs1. The maximum Gasteiger partial charge on any atom is 0.416 e. The second-order valence-electron chi connectivity index (χ2n) is 4.57. The number of anilines is 1. The molecule has 0 aliphatic carbocycles. The lowest BCUT2D eigenvalue weighted by Crippen LogP contribution is -2.15. The predicted molar refractivity (Wildman–Crippen MR) is 78.7 cm³/mol. The minimum Gasteiger partial charge on any atom is -0.330 e. The molecule has 8 heteroatoms. The number of benzene rings is 1. The molecule has 1 aromatic heterocycles. The molecule has 0 atom stereocenters. The third kappa shape index (κ3) is 4.54. The van der Waals surface area contributed by atoms with E-state index >= 15 is 0 Å². The summed E-state index contributed by atoms with van der Waals surface area (Å²) in [5, 5.41) is 5.18. The van der Waals surface area contributed by atoms with E-state index in [1.54, 1.807) is 5.38 Å². The smallest absolute Gasteiger partial charge is 0.330 e. The fourth-order valence-electron chi connectivity index (χ4n) is 1.78. The molecule has 0 unspecified atom stereocenters. The number of amides is 1. The van der Waals surface area contributed by atoms with E-state index in [0.717, 1.165) is 17.1 Å². The van der Waals surface area contributed by atoms with Crippen molar-refractivity contribution in [2.45, 2.75) is 19.0 Å². The van der Waals surface area contributed by atoms with Crippen molar-refractivity contribution in [3.8, 4) is 0 Å². The van der Waals surface area contributed by atoms with Crippen molar-refractivity contribution in [2.24, 2.45) is 5.73 Å². The molecule has 0 aliphatic rings. The number of nitrogens with zero attached hydrogens (tertiary/aromatic N) is 1. The average molecular weight is 329 g/mol. The van der Waals surface area contributed by atoms with Crippen molar-refractivity contribution < 1.29 is 18.0 Å². The zero-order valence-electron chi connectivity index (χ0n) is 11.5. The van der Waals surface area contributed by atoms with Crippen LogP contribution in [0.3, 0.4) is 0 Å². The molecular formula is C14H14F3N3OS. The van der Waals surface area contributed by atoms with Gasteiger partial charge in [0.2, 0.25) is 5.91 Å². The van der Waals surface area contributed by atoms with Crippen molar-refractivity contribution in [1.29, 1.82) is 0 Å². The molecule has 1 heterocycles. The van der Waals surface area contributed by atoms with E-state index < -0.39 is 11.7 Å². The van der Waals surface area contributed by atoms with Crippen LogP contribution in [0.4, 0.5) is 18.9 Å². The van der Waals surface area contributed by atoms with Gasteiger partial charge in [0, 0.05) is 17.5 Å². The summed E-state index contributed by atoms with van der Waals surface area (Å²) in [4.78, 5) is 16.1. The van der Waals surface area contributed by atoms with E-state index in [4.69, 9.17) is 5.73 Å². The molecule has 0 radical (unpaired) electrons. The van der Waals surface area contributed by atoms with E-state index in [2.05, 4.69) is 10.3 Å². The van der Waals surface area contributed by atoms with Crippen molar-refractivity contribution >= 4 is 22.9 Å². The molecule has 118 valence electrons. The van der Waals surface area contributed by atoms with Gasteiger partial charge in [-0.15, -0.1) is 11.3 Å². The van der Waals surface area contributed by atoms with Crippen LogP contribution < -0.4 is 11.1 Å². The van der Waals surface area contributed by atoms with Crippen LogP contribution in [0.15, 0.2) is 29.6 Å². The van der Waals surface area contributed by atoms with E-state index in [0.29, 0.717) is 24.3 Å². The summed E-state index contributed by atoms with van der Waals surface area (Å²) in [6, 6.07) is 4.30. The fourth-order valence-corrected chi connectivity index (χ4v) is 2.59. The van der Waals surface area contributed by atoms with Crippen LogP contribution in [-0.4, -0.2) is 17.4 Å². The van der Waals surface area contributed by atoms with Gasteiger partial charge in [0.1, 0.15) is 0 Å². The molecule has 2 rings (SSSR count). The summed E-state index contributed by atoms with van der Waals surface area (Å²) in [5.41, 5.74) is 5.61. The molecule has 1 aromatic carbocycles. The molecule has 4 nitrogen and oxygen atoms in total. The zero-order valence-corrected chi connectivity index (χ0v) is 12.3. The zero-order chi connectivity index (χ0) is 16.2. The van der Waals surface area contributed by atoms with Gasteiger partial charge < -0.3 is 11.1 Å². The van der Waals surface area contributed by atoms with Crippen LogP contribution in [0.2, 0.25) is 0 Å². The Morgan fingerprint density at radius 3 is 2.55 bits per heavy atom. The topological polar surface area (TPSA) is 68.0 Å². The summed E-state index contributed by atoms with van der Waals surface area (Å²) in [6.45, 7) is 0.491. The van der Waals surface area contributed by atoms with Gasteiger partial charge in [0.25, 0.3) is 0 Å². The molecule has 0 fully saturated rings. The minimum atomic E-state index is -4.39. The Morgan fingerprint density at radius 1 is 1.27 bits per heavy atom. The molecule has 0 aliphatic heterocycles. The molecule has 3 N–H and O–H groups in total. The van der Waals surface area contributed by atoms with E-state index in [1.807, 2.05) is 0 Å². The summed E-state index contributed by atoms with van der Waals surface area (Å²) in [7, 11) is 0. The first-order valence-corrected chi connectivity index (χ1v) is 7.37. The Morgan fingerprint density at radius 2 is 1.95 bits per heavy atom. The number of aromatic nitrogens is 1. The molecule has 22 heavy (non-hydrogen) atoms. The number of rotatable bonds is 5. The minimum absolute atomic E-state index is 0.0715. The molecule has 0 bridgehead atoms. The number of nitrogens with one attached hydrogen (secondary N) is 1. The van der Waals surface area contributed by atoms with Crippen LogP contribution >= 0.6 is 11.3 Å². The second kappa shape index (κ2) is 6.89. The molecule has 1 amide bonds. The Balaban J connectivity index is 1.93. The number of thiazole rings is 1. The van der Waals surface area contributed by atoms with Crippen LogP contribution in [0.1, 0.15) is 16.3 Å². The van der Waals surface area contributed by atoms with Gasteiger partial charge in [-0.2, -0.15) is 13.2 Å². The summed E-state index contributed by atoms with van der Waals surface area (Å²) in [6.07, 6.45) is -3.66. The first-order chi connectivity index (χ1) is 10.4. The third-order valence-corrected chi connectivity index (χ3v) is 3.75. The number of carbonyl (C=O) groups is 1. The highest BCUT2D eigenvalue weighted by Crippen LogP contribution is 2.29. The number of halogens is 3. The second-order valence-corrected chi connectivity index (χ2v) is 5.51. The average Bonchev–Trinajstić information content (AvgIpc) is 2.86. The van der Waals surface area contributed by atoms with Gasteiger partial charge in [-0.1, -0.05) is 0 Å². The third-order valence-electron chi connectivity index (χ3n) is 2.80. The largest absolute Gasteiger partial charge is 0.416 e. The number of hydrogen-bond acceptors (Lipinski definition) is 4. The first-order valence-electron chi connectivity index (χ1n) is 6.49. The molecule has 0 spiro atoms. The van der Waals surface area contributed by atoms with Crippen LogP contribution in [0, 0.1) is 0 Å². The Kier molecular flexibility index (Phi) is 5.15. The highest BCUT2D eigenvalue weighted by molar-refractivity contribution is 7.09. The molecular weight excluding hydrogens is 315 g/mol. The van der Waals surface area contributed by atoms with Gasteiger partial charge in [-0.3, -0.25) is 4.79 Å². The number of nitrogens with two attached hydrogens (primary N) is 1. The van der Waals surface area contributed by atoms with Crippen LogP contribution in [0.5, 0.6) is 0 Å². The quantitative estimate of drug-likeness (QED) is 0.886. The van der Waals surface area contributed by atoms with Gasteiger partial charge in [-0.25, -0.2) is 4.98 Å². The van der Waals surface area contributed by atoms with Gasteiger partial charge in [-0.05, 0) is 30.8 Å². The predicted octanol–water partition coefficient (Wildman–Crippen LogP) is 2.84. The van der Waals surface area contributed by atoms with E-state index in [-0.39, 0.29) is 12.3 Å². The molecule has 0 saturated carbocycles. The highest BCUT2D eigenvalue weighted by atomic mass is 32.1. The molecule has 0 saturated heterocycles. The van der Waals surface area contributed by atoms with Gasteiger partial charge >= 0.3 is 6.18 Å². The number of alkyl halides is 3. The number of hydrogen-bond donors (Lipinski definition) is 2. The van der Waals surface area contributed by atoms with E-state index in [1.165, 1.54) is 23.5 Å². The standard InChI is InChI=1S/C14H14F3N3OS/c15-14(16,17)9-1-3-10(4-2-9)19-12(21)7-11-8-22-13(20-11)5-6-18/h1-4,8H,5-7,18H2,(H,19,21). The Hall–Kier alpha value is -1.93. The highest BCUT2D eigenvalue weighted by Gasteiger charge is 2.29. The summed E-state index contributed by atoms with van der Waals surface area (Å²) in [5.74, 6) is -0.329. The Bertz CT molecular complexity index is 638. The monoisotopic (exact) mass is 329 g/mol. The van der Waals surface area contributed by atoms with Crippen LogP contribution in [0.25, 0.3) is 0 Å². The lowest BCUT2D eigenvalue weighted by atomic mass is 10.2. The lowest BCUT2D eigenvalue weighted by molar-refractivity contribution is -0.137. The van der Waals surface area contributed by atoms with Gasteiger partial charge in [0.15, 0.2) is 0 Å². The summed E-state index contributed by atoms with van der Waals surface area (Å²) < 4.78 is 37.3. The molecule has 2 aromatic rings. The van der Waals surface area contributed by atoms with Crippen molar-refractivity contribution in [3.05, 3.63) is 45.9 Å².